The van der Waals surface area contributed by atoms with Crippen molar-refractivity contribution in [2.24, 2.45) is 5.73 Å². The minimum atomic E-state index is 0. The summed E-state index contributed by atoms with van der Waals surface area (Å²) in [6.45, 7) is 7.92. The van der Waals surface area contributed by atoms with Crippen LogP contribution >= 0.6 is 12.4 Å². The van der Waals surface area contributed by atoms with Crippen molar-refractivity contribution in [3.05, 3.63) is 36.2 Å². The maximum Gasteiger partial charge on any atom is 0.244 e. The maximum atomic E-state index is 5.61. The Balaban J connectivity index is 0.00000192. The first-order valence-corrected chi connectivity index (χ1v) is 7.83. The van der Waals surface area contributed by atoms with Crippen molar-refractivity contribution in [3.63, 3.8) is 0 Å². The van der Waals surface area contributed by atoms with Crippen LogP contribution in [0.3, 0.4) is 0 Å². The fraction of sp³-hybridized carbons (Fsp3) is 0.500. The molecular formula is C16H24ClN5O. The fourth-order valence-electron chi connectivity index (χ4n) is 2.82. The number of nitrogens with two attached hydrogens (primary N) is 1. The number of rotatable bonds is 5. The zero-order valence-electron chi connectivity index (χ0n) is 13.4. The smallest absolute Gasteiger partial charge is 0.244 e. The molecule has 1 aromatic carbocycles. The molecule has 126 valence electrons. The largest absolute Gasteiger partial charge is 0.337 e. The van der Waals surface area contributed by atoms with Crippen LogP contribution in [0.2, 0.25) is 0 Å². The number of piperazine rings is 1. The van der Waals surface area contributed by atoms with Gasteiger partial charge in [0, 0.05) is 44.8 Å². The number of benzene rings is 1. The monoisotopic (exact) mass is 337 g/mol. The predicted molar refractivity (Wildman–Crippen MR) is 92.5 cm³/mol. The third-order valence-corrected chi connectivity index (χ3v) is 4.23. The molecular weight excluding hydrogens is 314 g/mol. The number of halogens is 1. The van der Waals surface area contributed by atoms with E-state index in [1.807, 2.05) is 30.3 Å². The molecule has 0 aliphatic carbocycles. The highest BCUT2D eigenvalue weighted by Gasteiger charge is 2.25. The lowest BCUT2D eigenvalue weighted by molar-refractivity contribution is 0.0901. The van der Waals surface area contributed by atoms with Gasteiger partial charge in [-0.05, 0) is 6.92 Å². The Hall–Kier alpha value is -1.47. The maximum absolute atomic E-state index is 5.61. The van der Waals surface area contributed by atoms with Crippen LogP contribution in [0.1, 0.15) is 18.9 Å². The first-order chi connectivity index (χ1) is 10.8. The van der Waals surface area contributed by atoms with Crippen molar-refractivity contribution in [1.82, 2.24) is 19.9 Å². The first-order valence-electron chi connectivity index (χ1n) is 7.83. The molecule has 0 bridgehead atoms. The first kappa shape index (κ1) is 17.9. The van der Waals surface area contributed by atoms with Crippen molar-refractivity contribution >= 4 is 12.4 Å². The van der Waals surface area contributed by atoms with E-state index in [9.17, 15) is 0 Å². The summed E-state index contributed by atoms with van der Waals surface area (Å²) in [7, 11) is 0. The number of hydrogen-bond acceptors (Lipinski definition) is 6. The van der Waals surface area contributed by atoms with Crippen LogP contribution in [0.5, 0.6) is 0 Å². The van der Waals surface area contributed by atoms with Gasteiger partial charge in [0.25, 0.3) is 0 Å². The van der Waals surface area contributed by atoms with E-state index in [1.54, 1.807) is 0 Å². The van der Waals surface area contributed by atoms with E-state index >= 15 is 0 Å². The zero-order valence-corrected chi connectivity index (χ0v) is 14.2. The van der Waals surface area contributed by atoms with Gasteiger partial charge in [0.15, 0.2) is 0 Å². The second kappa shape index (κ2) is 8.40. The Bertz CT molecular complexity index is 583. The molecule has 3 rings (SSSR count). The molecule has 0 saturated carbocycles. The normalized spacial score (nSPS) is 17.7. The van der Waals surface area contributed by atoms with Gasteiger partial charge in [-0.1, -0.05) is 35.5 Å². The van der Waals surface area contributed by atoms with Gasteiger partial charge in [-0.25, -0.2) is 0 Å². The van der Waals surface area contributed by atoms with Gasteiger partial charge in [-0.3, -0.25) is 9.80 Å². The van der Waals surface area contributed by atoms with E-state index < -0.39 is 0 Å². The van der Waals surface area contributed by atoms with Crippen LogP contribution in [0.4, 0.5) is 0 Å². The molecule has 6 nitrogen and oxygen atoms in total. The Kier molecular flexibility index (Phi) is 6.53. The SMILES string of the molecule is CC(c1nc(-c2ccccc2)no1)N1CCN(CCN)CC1.Cl. The minimum Gasteiger partial charge on any atom is -0.337 e. The van der Waals surface area contributed by atoms with E-state index in [0.717, 1.165) is 44.8 Å². The van der Waals surface area contributed by atoms with E-state index in [2.05, 4.69) is 26.9 Å². The molecule has 7 heteroatoms. The highest BCUT2D eigenvalue weighted by atomic mass is 35.5. The van der Waals surface area contributed by atoms with E-state index in [4.69, 9.17) is 10.3 Å². The molecule has 0 spiro atoms. The Morgan fingerprint density at radius 2 is 1.87 bits per heavy atom. The van der Waals surface area contributed by atoms with Crippen LogP contribution in [0.25, 0.3) is 11.4 Å². The van der Waals surface area contributed by atoms with Gasteiger partial charge >= 0.3 is 0 Å². The fourth-order valence-corrected chi connectivity index (χ4v) is 2.82. The minimum absolute atomic E-state index is 0. The molecule has 2 N–H and O–H groups in total. The molecule has 0 radical (unpaired) electrons. The number of nitrogens with zero attached hydrogens (tertiary/aromatic N) is 4. The molecule has 1 saturated heterocycles. The van der Waals surface area contributed by atoms with Crippen LogP contribution in [-0.2, 0) is 0 Å². The van der Waals surface area contributed by atoms with Gasteiger partial charge in [-0.15, -0.1) is 12.4 Å². The third-order valence-electron chi connectivity index (χ3n) is 4.23. The molecule has 1 unspecified atom stereocenters. The molecule has 1 aliphatic heterocycles. The number of aromatic nitrogens is 2. The highest BCUT2D eigenvalue weighted by molar-refractivity contribution is 5.85. The average molecular weight is 338 g/mol. The summed E-state index contributed by atoms with van der Waals surface area (Å²) in [5.41, 5.74) is 6.60. The molecule has 1 fully saturated rings. The molecule has 2 heterocycles. The summed E-state index contributed by atoms with van der Waals surface area (Å²) in [6, 6.07) is 10.1. The van der Waals surface area contributed by atoms with Crippen molar-refractivity contribution in [2.45, 2.75) is 13.0 Å². The lowest BCUT2D eigenvalue weighted by Gasteiger charge is -2.36. The Morgan fingerprint density at radius 3 is 2.52 bits per heavy atom. The summed E-state index contributed by atoms with van der Waals surface area (Å²) < 4.78 is 5.47. The van der Waals surface area contributed by atoms with Crippen LogP contribution < -0.4 is 5.73 Å². The standard InChI is InChI=1S/C16H23N5O.ClH/c1-13(21-11-9-20(8-7-17)10-12-21)16-18-15(19-22-16)14-5-3-2-4-6-14;/h2-6,13H,7-12,17H2,1H3;1H. The zero-order chi connectivity index (χ0) is 15.4. The van der Waals surface area contributed by atoms with Gasteiger partial charge in [0.2, 0.25) is 11.7 Å². The summed E-state index contributed by atoms with van der Waals surface area (Å²) in [5, 5.41) is 4.11. The third kappa shape index (κ3) is 4.29. The van der Waals surface area contributed by atoms with Crippen molar-refractivity contribution in [2.75, 3.05) is 39.3 Å². The van der Waals surface area contributed by atoms with Gasteiger partial charge in [-0.2, -0.15) is 4.98 Å². The predicted octanol–water partition coefficient (Wildman–Crippen LogP) is 1.80. The highest BCUT2D eigenvalue weighted by Crippen LogP contribution is 2.23. The molecule has 1 aromatic heterocycles. The van der Waals surface area contributed by atoms with Crippen LogP contribution in [0, 0.1) is 0 Å². The Labute approximate surface area is 143 Å². The second-order valence-electron chi connectivity index (χ2n) is 5.66. The van der Waals surface area contributed by atoms with Crippen molar-refractivity contribution < 1.29 is 4.52 Å². The van der Waals surface area contributed by atoms with E-state index in [-0.39, 0.29) is 18.4 Å². The summed E-state index contributed by atoms with van der Waals surface area (Å²) in [5.74, 6) is 1.34. The molecule has 1 aliphatic rings. The van der Waals surface area contributed by atoms with Crippen molar-refractivity contribution in [1.29, 1.82) is 0 Å². The van der Waals surface area contributed by atoms with Crippen LogP contribution in [-0.4, -0.2) is 59.2 Å². The molecule has 1 atom stereocenters. The molecule has 2 aromatic rings. The van der Waals surface area contributed by atoms with Crippen molar-refractivity contribution in [3.8, 4) is 11.4 Å². The summed E-state index contributed by atoms with van der Waals surface area (Å²) in [4.78, 5) is 9.34. The Morgan fingerprint density at radius 1 is 1.17 bits per heavy atom. The van der Waals surface area contributed by atoms with E-state index in [1.165, 1.54) is 0 Å². The average Bonchev–Trinajstić information content (AvgIpc) is 3.06. The van der Waals surface area contributed by atoms with E-state index in [0.29, 0.717) is 11.7 Å². The second-order valence-corrected chi connectivity index (χ2v) is 5.66. The molecule has 0 amide bonds. The topological polar surface area (TPSA) is 71.4 Å². The quantitative estimate of drug-likeness (QED) is 0.897. The summed E-state index contributed by atoms with van der Waals surface area (Å²) in [6.07, 6.45) is 0. The molecule has 23 heavy (non-hydrogen) atoms. The van der Waals surface area contributed by atoms with Gasteiger partial charge in [0.1, 0.15) is 0 Å². The summed E-state index contributed by atoms with van der Waals surface area (Å²) >= 11 is 0. The lowest BCUT2D eigenvalue weighted by Crippen LogP contribution is -2.48. The lowest BCUT2D eigenvalue weighted by atomic mass is 10.2. The van der Waals surface area contributed by atoms with Crippen LogP contribution in [0.15, 0.2) is 34.9 Å². The van der Waals surface area contributed by atoms with Gasteiger partial charge in [0.05, 0.1) is 6.04 Å². The van der Waals surface area contributed by atoms with Gasteiger partial charge < -0.3 is 10.3 Å². The number of hydrogen-bond donors (Lipinski definition) is 1.